The van der Waals surface area contributed by atoms with E-state index < -0.39 is 11.7 Å². The van der Waals surface area contributed by atoms with Crippen LogP contribution in [-0.4, -0.2) is 0 Å². The minimum Gasteiger partial charge on any atom is -0.199 e. The van der Waals surface area contributed by atoms with Crippen LogP contribution in [0.5, 0.6) is 0 Å². The molecule has 0 radical (unpaired) electrons. The first-order valence-corrected chi connectivity index (χ1v) is 2.99. The average Bonchev–Trinajstić information content (AvgIpc) is 1.86. The molecule has 1 rings (SSSR count). The molecule has 0 saturated carbocycles. The minimum absolute atomic E-state index is 0. The Bertz CT molecular complexity index is 255. The molecule has 0 saturated heterocycles. The van der Waals surface area contributed by atoms with Gasteiger partial charge in [0.05, 0.1) is 0 Å². The summed E-state index contributed by atoms with van der Waals surface area (Å²) in [5.74, 6) is 0. The van der Waals surface area contributed by atoms with Crippen LogP contribution in [0.15, 0.2) is 24.3 Å². The second-order valence-electron chi connectivity index (χ2n) is 2.20. The van der Waals surface area contributed by atoms with Gasteiger partial charge in [-0.3, -0.25) is 0 Å². The van der Waals surface area contributed by atoms with E-state index in [2.05, 4.69) is 6.92 Å². The molecule has 1 aromatic rings. The van der Waals surface area contributed by atoms with Gasteiger partial charge in [-0.2, -0.15) is 37.8 Å². The van der Waals surface area contributed by atoms with E-state index in [-0.39, 0.29) is 19.5 Å². The van der Waals surface area contributed by atoms with Gasteiger partial charge in [0.15, 0.2) is 0 Å². The molecular weight excluding hydrogens is 218 g/mol. The van der Waals surface area contributed by atoms with E-state index in [4.69, 9.17) is 0 Å². The van der Waals surface area contributed by atoms with E-state index in [9.17, 15) is 13.2 Å². The molecule has 0 heterocycles. The summed E-state index contributed by atoms with van der Waals surface area (Å²) in [5, 5.41) is 0. The molecule has 0 N–H and O–H groups in total. The fraction of sp³-hybridized carbons (Fsp3) is 0.125. The molecule has 0 aliphatic rings. The van der Waals surface area contributed by atoms with Crippen molar-refractivity contribution in [2.45, 2.75) is 6.18 Å². The standard InChI is InChI=1S/C8H6F3.Zn/c1-6-3-2-4-7(5-6)8(9,10)11;/h2-5H,1H2;/q-1;. The van der Waals surface area contributed by atoms with Crippen LogP contribution in [-0.2, 0) is 25.7 Å². The molecule has 4 heteroatoms. The second kappa shape index (κ2) is 3.95. The van der Waals surface area contributed by atoms with Gasteiger partial charge in [-0.25, -0.2) is 0 Å². The van der Waals surface area contributed by atoms with Gasteiger partial charge in [-0.15, -0.1) is 6.07 Å². The topological polar surface area (TPSA) is 0 Å². The van der Waals surface area contributed by atoms with Crippen molar-refractivity contribution in [3.8, 4) is 0 Å². The first-order chi connectivity index (χ1) is 5.00. The number of alkyl halides is 3. The SMILES string of the molecule is [CH2-]c1cccc(C(F)(F)F)c1.[Zn]. The van der Waals surface area contributed by atoms with Crippen molar-refractivity contribution in [1.82, 2.24) is 0 Å². The Kier molecular flexibility index (Phi) is 3.78. The first kappa shape index (κ1) is 11.5. The van der Waals surface area contributed by atoms with Crippen LogP contribution in [0.2, 0.25) is 0 Å². The van der Waals surface area contributed by atoms with Crippen LogP contribution in [0.4, 0.5) is 13.2 Å². The van der Waals surface area contributed by atoms with Crippen molar-refractivity contribution in [3.63, 3.8) is 0 Å². The van der Waals surface area contributed by atoms with Gasteiger partial charge in [-0.05, 0) is 5.56 Å². The maximum absolute atomic E-state index is 11.9. The van der Waals surface area contributed by atoms with Crippen molar-refractivity contribution in [3.05, 3.63) is 42.3 Å². The maximum Gasteiger partial charge on any atom is 0.405 e. The van der Waals surface area contributed by atoms with Crippen molar-refractivity contribution in [1.29, 1.82) is 0 Å². The summed E-state index contributed by atoms with van der Waals surface area (Å²) in [7, 11) is 0. The predicted octanol–water partition coefficient (Wildman–Crippen LogP) is 2.89. The molecule has 0 aromatic heterocycles. The predicted molar refractivity (Wildman–Crippen MR) is 35.9 cm³/mol. The fourth-order valence-corrected chi connectivity index (χ4v) is 0.748. The Balaban J connectivity index is 0.00000121. The summed E-state index contributed by atoms with van der Waals surface area (Å²) in [6, 6.07) is 4.90. The van der Waals surface area contributed by atoms with Gasteiger partial charge in [0.25, 0.3) is 0 Å². The number of benzene rings is 1. The third kappa shape index (κ3) is 2.86. The molecule has 0 bridgehead atoms. The number of hydrogen-bond acceptors (Lipinski definition) is 0. The molecule has 0 aliphatic carbocycles. The third-order valence-electron chi connectivity index (χ3n) is 1.25. The van der Waals surface area contributed by atoms with Gasteiger partial charge < -0.3 is 0 Å². The zero-order valence-electron chi connectivity index (χ0n) is 6.36. The number of halogens is 3. The van der Waals surface area contributed by atoms with Gasteiger partial charge in [-0.1, -0.05) is 6.07 Å². The third-order valence-corrected chi connectivity index (χ3v) is 1.25. The molecular formula is C8H6F3Zn-. The zero-order valence-corrected chi connectivity index (χ0v) is 9.32. The van der Waals surface area contributed by atoms with Crippen LogP contribution in [0.25, 0.3) is 0 Å². The second-order valence-corrected chi connectivity index (χ2v) is 2.20. The Labute approximate surface area is 81.5 Å². The van der Waals surface area contributed by atoms with Crippen LogP contribution in [0, 0.1) is 6.92 Å². The Morgan fingerprint density at radius 1 is 1.17 bits per heavy atom. The van der Waals surface area contributed by atoms with Crippen LogP contribution in [0.3, 0.4) is 0 Å². The molecule has 0 amide bonds. The maximum atomic E-state index is 11.9. The molecule has 0 fully saturated rings. The summed E-state index contributed by atoms with van der Waals surface area (Å²) < 4.78 is 35.8. The average molecular weight is 225 g/mol. The van der Waals surface area contributed by atoms with E-state index in [1.54, 1.807) is 0 Å². The molecule has 1 aromatic carbocycles. The molecule has 0 unspecified atom stereocenters. The van der Waals surface area contributed by atoms with Crippen molar-refractivity contribution in [2.24, 2.45) is 0 Å². The largest absolute Gasteiger partial charge is 0.405 e. The van der Waals surface area contributed by atoms with E-state index in [1.807, 2.05) is 0 Å². The molecule has 0 nitrogen and oxygen atoms in total. The Hall–Kier alpha value is -0.497. The summed E-state index contributed by atoms with van der Waals surface area (Å²) in [6.07, 6.45) is -4.26. The van der Waals surface area contributed by atoms with Gasteiger partial charge in [0.1, 0.15) is 0 Å². The van der Waals surface area contributed by atoms with E-state index in [0.717, 1.165) is 12.1 Å². The minimum atomic E-state index is -4.26. The number of rotatable bonds is 0. The summed E-state index contributed by atoms with van der Waals surface area (Å²) in [4.78, 5) is 0. The Morgan fingerprint density at radius 2 is 1.75 bits per heavy atom. The van der Waals surface area contributed by atoms with Crippen molar-refractivity contribution < 1.29 is 32.6 Å². The fourth-order valence-electron chi connectivity index (χ4n) is 0.748. The molecule has 0 atom stereocenters. The van der Waals surface area contributed by atoms with Gasteiger partial charge >= 0.3 is 6.18 Å². The molecule has 12 heavy (non-hydrogen) atoms. The normalized spacial score (nSPS) is 10.6. The van der Waals surface area contributed by atoms with Gasteiger partial charge in [0, 0.05) is 19.5 Å². The van der Waals surface area contributed by atoms with E-state index in [0.29, 0.717) is 5.56 Å². The van der Waals surface area contributed by atoms with Crippen molar-refractivity contribution >= 4 is 0 Å². The first-order valence-electron chi connectivity index (χ1n) is 2.99. The van der Waals surface area contributed by atoms with Gasteiger partial charge in [0.2, 0.25) is 0 Å². The zero-order chi connectivity index (χ0) is 8.48. The molecule has 0 aliphatic heterocycles. The summed E-state index contributed by atoms with van der Waals surface area (Å²) >= 11 is 0. The van der Waals surface area contributed by atoms with E-state index >= 15 is 0 Å². The quantitative estimate of drug-likeness (QED) is 0.470. The molecule has 62 valence electrons. The number of hydrogen-bond donors (Lipinski definition) is 0. The smallest absolute Gasteiger partial charge is 0.199 e. The molecule has 0 spiro atoms. The Morgan fingerprint density at radius 3 is 2.08 bits per heavy atom. The van der Waals surface area contributed by atoms with Crippen molar-refractivity contribution in [2.75, 3.05) is 0 Å². The van der Waals surface area contributed by atoms with Crippen LogP contribution >= 0.6 is 0 Å². The van der Waals surface area contributed by atoms with E-state index in [1.165, 1.54) is 12.1 Å². The van der Waals surface area contributed by atoms with Crippen LogP contribution in [0.1, 0.15) is 11.1 Å². The monoisotopic (exact) mass is 223 g/mol. The van der Waals surface area contributed by atoms with Crippen LogP contribution < -0.4 is 0 Å². The summed E-state index contributed by atoms with van der Waals surface area (Å²) in [5.41, 5.74) is -0.273. The summed E-state index contributed by atoms with van der Waals surface area (Å²) in [6.45, 7) is 3.39.